The molecule has 1 aromatic heterocycles. The van der Waals surface area contributed by atoms with Gasteiger partial charge >= 0.3 is 0 Å². The maximum absolute atomic E-state index is 3.51. The van der Waals surface area contributed by atoms with Gasteiger partial charge in [-0.25, -0.2) is 0 Å². The predicted octanol–water partition coefficient (Wildman–Crippen LogP) is 2.78. The van der Waals surface area contributed by atoms with Crippen LogP contribution in [0.3, 0.4) is 0 Å². The Morgan fingerprint density at radius 1 is 1.33 bits per heavy atom. The molecule has 2 aliphatic rings. The first-order valence-corrected chi connectivity index (χ1v) is 7.04. The molecule has 1 saturated heterocycles. The smallest absolute Gasteiger partial charge is 0.00802 e. The largest absolute Gasteiger partial charge is 0.316 e. The van der Waals surface area contributed by atoms with E-state index in [4.69, 9.17) is 0 Å². The van der Waals surface area contributed by atoms with Gasteiger partial charge in [0.15, 0.2) is 0 Å². The van der Waals surface area contributed by atoms with Gasteiger partial charge < -0.3 is 5.32 Å². The van der Waals surface area contributed by atoms with Crippen LogP contribution in [-0.2, 0) is 19.3 Å². The van der Waals surface area contributed by atoms with Crippen LogP contribution in [0.4, 0.5) is 0 Å². The van der Waals surface area contributed by atoms with Gasteiger partial charge in [0.1, 0.15) is 0 Å². The van der Waals surface area contributed by atoms with E-state index in [0.717, 1.165) is 5.92 Å². The van der Waals surface area contributed by atoms with Crippen LogP contribution < -0.4 is 5.32 Å². The summed E-state index contributed by atoms with van der Waals surface area (Å²) in [6.07, 6.45) is 8.21. The lowest BCUT2D eigenvalue weighted by Gasteiger charge is -2.21. The Kier molecular flexibility index (Phi) is 2.80. The Morgan fingerprint density at radius 2 is 2.33 bits per heavy atom. The van der Waals surface area contributed by atoms with E-state index in [1.165, 1.54) is 51.6 Å². The number of hydrogen-bond acceptors (Lipinski definition) is 2. The highest BCUT2D eigenvalue weighted by Gasteiger charge is 2.18. The standard InChI is InChI=1S/C13H19NS/c1-4-11-8-12(15-13(11)5-1)7-10-3-2-6-14-9-10/h8,10,14H,1-7,9H2. The fraction of sp³-hybridized carbons (Fsp3) is 0.692. The molecule has 15 heavy (non-hydrogen) atoms. The van der Waals surface area contributed by atoms with Crippen molar-refractivity contribution in [2.75, 3.05) is 13.1 Å². The van der Waals surface area contributed by atoms with Gasteiger partial charge in [-0.2, -0.15) is 0 Å². The van der Waals surface area contributed by atoms with E-state index in [1.807, 2.05) is 0 Å². The summed E-state index contributed by atoms with van der Waals surface area (Å²) in [6, 6.07) is 2.49. The zero-order valence-electron chi connectivity index (χ0n) is 9.22. The fourth-order valence-corrected chi connectivity index (χ4v) is 4.25. The first-order valence-electron chi connectivity index (χ1n) is 6.23. The van der Waals surface area contributed by atoms with Crippen molar-refractivity contribution in [2.24, 2.45) is 5.92 Å². The zero-order valence-corrected chi connectivity index (χ0v) is 10.0. The van der Waals surface area contributed by atoms with Crippen LogP contribution in [0.5, 0.6) is 0 Å². The molecule has 1 aliphatic heterocycles. The van der Waals surface area contributed by atoms with Crippen LogP contribution in [0.2, 0.25) is 0 Å². The SMILES string of the molecule is c1c(CC2CCCNC2)sc2c1CCC2. The van der Waals surface area contributed by atoms with Crippen LogP contribution in [0.15, 0.2) is 6.07 Å². The van der Waals surface area contributed by atoms with Crippen LogP contribution in [0.1, 0.15) is 34.6 Å². The first kappa shape index (κ1) is 9.86. The van der Waals surface area contributed by atoms with Crippen molar-refractivity contribution in [1.82, 2.24) is 5.32 Å². The third kappa shape index (κ3) is 2.11. The highest BCUT2D eigenvalue weighted by atomic mass is 32.1. The summed E-state index contributed by atoms with van der Waals surface area (Å²) >= 11 is 2.09. The number of aryl methyl sites for hydroxylation is 2. The fourth-order valence-electron chi connectivity index (χ4n) is 2.87. The molecule has 1 aromatic rings. The van der Waals surface area contributed by atoms with Crippen molar-refractivity contribution in [2.45, 2.75) is 38.5 Å². The molecule has 0 bridgehead atoms. The molecular weight excluding hydrogens is 202 g/mol. The third-order valence-electron chi connectivity index (χ3n) is 3.69. The summed E-state index contributed by atoms with van der Waals surface area (Å²) in [7, 11) is 0. The van der Waals surface area contributed by atoms with E-state index in [0.29, 0.717) is 0 Å². The van der Waals surface area contributed by atoms with Crippen LogP contribution >= 0.6 is 11.3 Å². The molecule has 0 amide bonds. The second-order valence-corrected chi connectivity index (χ2v) is 6.15. The minimum Gasteiger partial charge on any atom is -0.316 e. The van der Waals surface area contributed by atoms with Crippen molar-refractivity contribution in [3.8, 4) is 0 Å². The summed E-state index contributed by atoms with van der Waals surface area (Å²) in [5.74, 6) is 0.900. The lowest BCUT2D eigenvalue weighted by molar-refractivity contribution is 0.378. The highest BCUT2D eigenvalue weighted by Crippen LogP contribution is 2.32. The minimum absolute atomic E-state index is 0.900. The van der Waals surface area contributed by atoms with Crippen molar-refractivity contribution in [1.29, 1.82) is 0 Å². The van der Waals surface area contributed by atoms with Gasteiger partial charge in [-0.05, 0) is 69.2 Å². The summed E-state index contributed by atoms with van der Waals surface area (Å²) in [5.41, 5.74) is 1.67. The van der Waals surface area contributed by atoms with E-state index >= 15 is 0 Å². The summed E-state index contributed by atoms with van der Waals surface area (Å²) in [4.78, 5) is 3.34. The van der Waals surface area contributed by atoms with Crippen molar-refractivity contribution >= 4 is 11.3 Å². The molecule has 0 aromatic carbocycles. The van der Waals surface area contributed by atoms with Gasteiger partial charge in [-0.15, -0.1) is 11.3 Å². The molecule has 1 aliphatic carbocycles. The monoisotopic (exact) mass is 221 g/mol. The van der Waals surface area contributed by atoms with Crippen molar-refractivity contribution in [3.05, 3.63) is 21.4 Å². The molecule has 0 saturated carbocycles. The highest BCUT2D eigenvalue weighted by molar-refractivity contribution is 7.12. The molecule has 1 nitrogen and oxygen atoms in total. The number of thiophene rings is 1. The average Bonchev–Trinajstić information content (AvgIpc) is 2.79. The van der Waals surface area contributed by atoms with E-state index < -0.39 is 0 Å². The molecule has 1 N–H and O–H groups in total. The zero-order chi connectivity index (χ0) is 10.1. The maximum Gasteiger partial charge on any atom is 0.00802 e. The molecule has 1 unspecified atom stereocenters. The van der Waals surface area contributed by atoms with Gasteiger partial charge in [0.2, 0.25) is 0 Å². The van der Waals surface area contributed by atoms with E-state index in [1.54, 1.807) is 15.3 Å². The van der Waals surface area contributed by atoms with Crippen molar-refractivity contribution < 1.29 is 0 Å². The first-order chi connectivity index (χ1) is 7.42. The second-order valence-electron chi connectivity index (χ2n) is 4.93. The Hall–Kier alpha value is -0.340. The van der Waals surface area contributed by atoms with Gasteiger partial charge in [-0.3, -0.25) is 0 Å². The quantitative estimate of drug-likeness (QED) is 0.810. The Bertz CT molecular complexity index is 315. The third-order valence-corrected chi connectivity index (χ3v) is 4.95. The minimum atomic E-state index is 0.900. The number of rotatable bonds is 2. The molecule has 1 atom stereocenters. The number of piperidine rings is 1. The number of fused-ring (bicyclic) bond motifs is 1. The molecule has 82 valence electrons. The van der Waals surface area contributed by atoms with Gasteiger partial charge in [0.25, 0.3) is 0 Å². The lowest BCUT2D eigenvalue weighted by Crippen LogP contribution is -2.30. The molecule has 1 fully saturated rings. The van der Waals surface area contributed by atoms with Crippen LogP contribution in [-0.4, -0.2) is 13.1 Å². The predicted molar refractivity (Wildman–Crippen MR) is 65.6 cm³/mol. The number of hydrogen-bond donors (Lipinski definition) is 1. The van der Waals surface area contributed by atoms with Crippen molar-refractivity contribution in [3.63, 3.8) is 0 Å². The molecule has 0 spiro atoms. The topological polar surface area (TPSA) is 12.0 Å². The normalized spacial score (nSPS) is 25.5. The average molecular weight is 221 g/mol. The van der Waals surface area contributed by atoms with Gasteiger partial charge in [-0.1, -0.05) is 0 Å². The Balaban J connectivity index is 1.66. The van der Waals surface area contributed by atoms with E-state index in [9.17, 15) is 0 Å². The van der Waals surface area contributed by atoms with Gasteiger partial charge in [0, 0.05) is 9.75 Å². The molecule has 2 heteroatoms. The number of nitrogens with one attached hydrogen (secondary N) is 1. The second kappa shape index (κ2) is 4.26. The summed E-state index contributed by atoms with van der Waals surface area (Å²) in [5, 5.41) is 3.51. The molecular formula is C13H19NS. The van der Waals surface area contributed by atoms with Gasteiger partial charge in [0.05, 0.1) is 0 Å². The molecule has 0 radical (unpaired) electrons. The summed E-state index contributed by atoms with van der Waals surface area (Å²) < 4.78 is 0. The molecule has 3 rings (SSSR count). The van der Waals surface area contributed by atoms with E-state index in [2.05, 4.69) is 22.7 Å². The van der Waals surface area contributed by atoms with E-state index in [-0.39, 0.29) is 0 Å². The Labute approximate surface area is 95.9 Å². The maximum atomic E-state index is 3.51. The lowest BCUT2D eigenvalue weighted by atomic mass is 9.95. The Morgan fingerprint density at radius 3 is 3.13 bits per heavy atom. The summed E-state index contributed by atoms with van der Waals surface area (Å²) in [6.45, 7) is 2.47. The van der Waals surface area contributed by atoms with Crippen LogP contribution in [0.25, 0.3) is 0 Å². The van der Waals surface area contributed by atoms with Crippen LogP contribution in [0, 0.1) is 5.92 Å². The molecule has 2 heterocycles.